The number of carbonyl (C=O) groups excluding carboxylic acids is 2. The Bertz CT molecular complexity index is 1270. The number of aryl methyl sites for hydroxylation is 3. The number of rotatable bonds is 10. The lowest BCUT2D eigenvalue weighted by atomic mass is 10.0. The van der Waals surface area contributed by atoms with Crippen LogP contribution in [0.5, 0.6) is 0 Å². The molecule has 1 aliphatic rings. The number of hydrogen-bond acceptors (Lipinski definition) is 8. The molecule has 2 aromatic heterocycles. The molecule has 1 aliphatic heterocycles. The number of epoxide rings is 1. The number of carbonyl (C=O) groups is 3. The van der Waals surface area contributed by atoms with Gasteiger partial charge in [-0.15, -0.1) is 16.4 Å². The fourth-order valence-electron chi connectivity index (χ4n) is 4.35. The van der Waals surface area contributed by atoms with Gasteiger partial charge in [-0.25, -0.2) is 14.5 Å². The van der Waals surface area contributed by atoms with Crippen LogP contribution in [0.25, 0.3) is 5.69 Å². The Hall–Kier alpha value is -3.64. The summed E-state index contributed by atoms with van der Waals surface area (Å²) >= 11 is 1.37. The van der Waals surface area contributed by atoms with E-state index in [0.29, 0.717) is 11.4 Å². The molecule has 1 saturated heterocycles. The largest absolute Gasteiger partial charge is 0.479 e. The Morgan fingerprint density at radius 1 is 1.22 bits per heavy atom. The van der Waals surface area contributed by atoms with Gasteiger partial charge in [0, 0.05) is 11.8 Å². The predicted octanol–water partition coefficient (Wildman–Crippen LogP) is 1.62. The summed E-state index contributed by atoms with van der Waals surface area (Å²) in [5, 5.41) is 25.0. The van der Waals surface area contributed by atoms with Crippen LogP contribution in [-0.4, -0.2) is 60.6 Å². The molecule has 2 unspecified atom stereocenters. The third-order valence-electron chi connectivity index (χ3n) is 6.20. The number of aliphatic carboxylic acids is 1. The van der Waals surface area contributed by atoms with E-state index in [1.165, 1.54) is 11.3 Å². The van der Waals surface area contributed by atoms with E-state index in [2.05, 4.69) is 38.1 Å². The molecule has 1 fully saturated rings. The minimum absolute atomic E-state index is 0.0974. The Morgan fingerprint density at radius 3 is 2.53 bits per heavy atom. The standard InChI is InChI=1S/C24H28N6O5S/c1-5-24(23(33)34)20(35-24)22(32)27-18(8-16-11-36-12-26-16)21(31)25-9-17-10-30(29-28-17)19-14(3)6-13(2)7-15(19)4/h6-7,10-12,18,20H,5,8-9H2,1-4H3,(H,25,31)(H,27,32)(H,33,34)/t18-,20?,24?/m0/s1. The zero-order valence-corrected chi connectivity index (χ0v) is 21.3. The van der Waals surface area contributed by atoms with Crippen LogP contribution in [0.3, 0.4) is 0 Å². The van der Waals surface area contributed by atoms with Crippen molar-refractivity contribution in [3.8, 4) is 5.69 Å². The van der Waals surface area contributed by atoms with Crippen LogP contribution in [0.1, 0.15) is 41.4 Å². The zero-order chi connectivity index (χ0) is 26.0. The Morgan fingerprint density at radius 2 is 1.94 bits per heavy atom. The zero-order valence-electron chi connectivity index (χ0n) is 20.4. The van der Waals surface area contributed by atoms with Gasteiger partial charge < -0.3 is 20.5 Å². The number of nitrogens with one attached hydrogen (secondary N) is 2. The third-order valence-corrected chi connectivity index (χ3v) is 6.83. The summed E-state index contributed by atoms with van der Waals surface area (Å²) in [5.74, 6) is -2.30. The second-order valence-corrected chi connectivity index (χ2v) is 9.63. The number of nitrogens with zero attached hydrogens (tertiary/aromatic N) is 4. The van der Waals surface area contributed by atoms with Crippen LogP contribution in [0.15, 0.2) is 29.2 Å². The van der Waals surface area contributed by atoms with Crippen molar-refractivity contribution in [3.63, 3.8) is 0 Å². The van der Waals surface area contributed by atoms with Crippen LogP contribution in [0, 0.1) is 20.8 Å². The maximum absolute atomic E-state index is 13.0. The molecule has 0 aliphatic carbocycles. The van der Waals surface area contributed by atoms with Gasteiger partial charge in [-0.05, 0) is 38.3 Å². The highest BCUT2D eigenvalue weighted by Gasteiger charge is 2.65. The van der Waals surface area contributed by atoms with Crippen molar-refractivity contribution in [2.45, 2.75) is 64.8 Å². The highest BCUT2D eigenvalue weighted by molar-refractivity contribution is 7.07. The minimum Gasteiger partial charge on any atom is -0.479 e. The molecular formula is C24H28N6O5S. The number of ether oxygens (including phenoxy) is 1. The first-order chi connectivity index (χ1) is 17.1. The molecular weight excluding hydrogens is 484 g/mol. The molecule has 11 nitrogen and oxygen atoms in total. The van der Waals surface area contributed by atoms with E-state index in [4.69, 9.17) is 4.74 Å². The number of carboxylic acid groups (broad SMARTS) is 1. The molecule has 0 spiro atoms. The molecule has 3 aromatic rings. The van der Waals surface area contributed by atoms with Crippen molar-refractivity contribution in [2.75, 3.05) is 0 Å². The van der Waals surface area contributed by atoms with Crippen molar-refractivity contribution in [3.05, 3.63) is 57.3 Å². The monoisotopic (exact) mass is 512 g/mol. The van der Waals surface area contributed by atoms with Crippen LogP contribution in [0.2, 0.25) is 0 Å². The molecule has 1 aromatic carbocycles. The molecule has 3 atom stereocenters. The van der Waals surface area contributed by atoms with Crippen LogP contribution < -0.4 is 10.6 Å². The van der Waals surface area contributed by atoms with Crippen molar-refractivity contribution >= 4 is 29.1 Å². The predicted molar refractivity (Wildman–Crippen MR) is 131 cm³/mol. The normalized spacial score (nSPS) is 19.5. The van der Waals surface area contributed by atoms with Gasteiger partial charge in [0.1, 0.15) is 11.7 Å². The molecule has 12 heteroatoms. The summed E-state index contributed by atoms with van der Waals surface area (Å²) in [4.78, 5) is 41.5. The van der Waals surface area contributed by atoms with Gasteiger partial charge in [0.2, 0.25) is 11.5 Å². The molecule has 0 bridgehead atoms. The van der Waals surface area contributed by atoms with Crippen LogP contribution in [0.4, 0.5) is 0 Å². The van der Waals surface area contributed by atoms with E-state index >= 15 is 0 Å². The number of aromatic nitrogens is 4. The maximum Gasteiger partial charge on any atom is 0.339 e. The van der Waals surface area contributed by atoms with E-state index in [9.17, 15) is 19.5 Å². The van der Waals surface area contributed by atoms with Gasteiger partial charge in [-0.1, -0.05) is 29.8 Å². The summed E-state index contributed by atoms with van der Waals surface area (Å²) in [6, 6.07) is 3.17. The summed E-state index contributed by atoms with van der Waals surface area (Å²) in [6.07, 6.45) is 0.888. The van der Waals surface area contributed by atoms with E-state index in [1.54, 1.807) is 28.7 Å². The van der Waals surface area contributed by atoms with Gasteiger partial charge in [0.05, 0.1) is 29.6 Å². The molecule has 3 N–H and O–H groups in total. The fraction of sp³-hybridized carbons (Fsp3) is 0.417. The summed E-state index contributed by atoms with van der Waals surface area (Å²) < 4.78 is 6.90. The molecule has 4 rings (SSSR count). The summed E-state index contributed by atoms with van der Waals surface area (Å²) in [6.45, 7) is 7.77. The quantitative estimate of drug-likeness (QED) is 0.347. The molecule has 3 heterocycles. The van der Waals surface area contributed by atoms with E-state index in [0.717, 1.165) is 22.4 Å². The summed E-state index contributed by atoms with van der Waals surface area (Å²) in [5.41, 5.74) is 5.48. The van der Waals surface area contributed by atoms with Gasteiger partial charge in [-0.3, -0.25) is 9.59 Å². The fourth-order valence-corrected chi connectivity index (χ4v) is 4.92. The minimum atomic E-state index is -1.55. The molecule has 0 saturated carbocycles. The van der Waals surface area contributed by atoms with Crippen LogP contribution in [-0.2, 0) is 32.1 Å². The number of carboxylic acids is 1. The van der Waals surface area contributed by atoms with E-state index in [-0.39, 0.29) is 19.4 Å². The molecule has 2 amide bonds. The Labute approximate surface area is 211 Å². The highest BCUT2D eigenvalue weighted by Crippen LogP contribution is 2.40. The first-order valence-electron chi connectivity index (χ1n) is 11.5. The van der Waals surface area contributed by atoms with Crippen molar-refractivity contribution in [1.82, 2.24) is 30.6 Å². The number of amides is 2. The lowest BCUT2D eigenvalue weighted by Gasteiger charge is -2.17. The second-order valence-electron chi connectivity index (χ2n) is 8.91. The van der Waals surface area contributed by atoms with E-state index in [1.807, 2.05) is 20.8 Å². The summed E-state index contributed by atoms with van der Waals surface area (Å²) in [7, 11) is 0. The van der Waals surface area contributed by atoms with Gasteiger partial charge >= 0.3 is 5.97 Å². The number of hydrogen-bond donors (Lipinski definition) is 3. The van der Waals surface area contributed by atoms with Gasteiger partial charge in [0.15, 0.2) is 6.10 Å². The van der Waals surface area contributed by atoms with Gasteiger partial charge in [-0.2, -0.15) is 0 Å². The Balaban J connectivity index is 1.44. The number of thiazole rings is 1. The maximum atomic E-state index is 13.0. The lowest BCUT2D eigenvalue weighted by molar-refractivity contribution is -0.143. The molecule has 36 heavy (non-hydrogen) atoms. The Kier molecular flexibility index (Phi) is 7.18. The van der Waals surface area contributed by atoms with Gasteiger partial charge in [0.25, 0.3) is 5.91 Å². The van der Waals surface area contributed by atoms with E-state index < -0.39 is 35.5 Å². The van der Waals surface area contributed by atoms with Crippen molar-refractivity contribution in [1.29, 1.82) is 0 Å². The smallest absolute Gasteiger partial charge is 0.339 e. The van der Waals surface area contributed by atoms with Crippen molar-refractivity contribution < 1.29 is 24.2 Å². The molecule has 190 valence electrons. The third kappa shape index (κ3) is 5.14. The average Bonchev–Trinajstić information content (AvgIpc) is 3.10. The second kappa shape index (κ2) is 10.2. The topological polar surface area (TPSA) is 152 Å². The van der Waals surface area contributed by atoms with Crippen LogP contribution >= 0.6 is 11.3 Å². The van der Waals surface area contributed by atoms with Crippen molar-refractivity contribution in [2.24, 2.45) is 0 Å². The first-order valence-corrected chi connectivity index (χ1v) is 12.4. The SMILES string of the molecule is CCC1(C(=O)O)OC1C(=O)N[C@@H](Cc1cscn1)C(=O)NCc1cn(-c2c(C)cc(C)cc2C)nn1. The number of benzene rings is 1. The highest BCUT2D eigenvalue weighted by atomic mass is 32.1. The first kappa shape index (κ1) is 25.5. The molecule has 0 radical (unpaired) electrons. The average molecular weight is 513 g/mol. The lowest BCUT2D eigenvalue weighted by Crippen LogP contribution is -2.50.